The van der Waals surface area contributed by atoms with Gasteiger partial charge in [0.25, 0.3) is 0 Å². The fraction of sp³-hybridized carbons (Fsp3) is 0.312. The zero-order valence-electron chi connectivity index (χ0n) is 13.2. The van der Waals surface area contributed by atoms with Gasteiger partial charge in [0.15, 0.2) is 5.13 Å². The summed E-state index contributed by atoms with van der Waals surface area (Å²) in [6.45, 7) is 1.47. The van der Waals surface area contributed by atoms with Crippen molar-refractivity contribution in [2.75, 3.05) is 12.4 Å². The molecule has 0 unspecified atom stereocenters. The molecule has 0 aliphatic rings. The van der Waals surface area contributed by atoms with Crippen LogP contribution in [0.4, 0.5) is 5.13 Å². The van der Waals surface area contributed by atoms with Crippen LogP contribution >= 0.6 is 11.3 Å². The Balaban J connectivity index is 1.87. The predicted octanol–water partition coefficient (Wildman–Crippen LogP) is 1.76. The third-order valence-electron chi connectivity index (χ3n) is 3.28. The van der Waals surface area contributed by atoms with E-state index in [1.54, 1.807) is 7.05 Å². The number of hydrogen-bond donors (Lipinski definition) is 2. The minimum Gasteiger partial charge on any atom is -0.302 e. The van der Waals surface area contributed by atoms with E-state index in [-0.39, 0.29) is 11.8 Å². The van der Waals surface area contributed by atoms with Crippen molar-refractivity contribution >= 4 is 28.3 Å². The average molecular weight is 332 g/mol. The number of nitrogens with zero attached hydrogens (tertiary/aromatic N) is 2. The fourth-order valence-electron chi connectivity index (χ4n) is 2.03. The molecule has 3 N–H and O–H groups in total. The molecule has 2 aromatic rings. The summed E-state index contributed by atoms with van der Waals surface area (Å²) >= 11 is 1.43. The van der Waals surface area contributed by atoms with Crippen molar-refractivity contribution in [1.82, 2.24) is 9.99 Å². The lowest BCUT2D eigenvalue weighted by molar-refractivity contribution is -0.129. The molecular formula is C16H20N4O2S. The first-order chi connectivity index (χ1) is 10.9. The van der Waals surface area contributed by atoms with Crippen molar-refractivity contribution in [1.29, 1.82) is 0 Å². The van der Waals surface area contributed by atoms with Crippen molar-refractivity contribution in [2.45, 2.75) is 26.2 Å². The fourth-order valence-corrected chi connectivity index (χ4v) is 2.82. The van der Waals surface area contributed by atoms with Gasteiger partial charge in [-0.15, -0.1) is 11.3 Å². The van der Waals surface area contributed by atoms with Gasteiger partial charge in [-0.1, -0.05) is 24.3 Å². The van der Waals surface area contributed by atoms with E-state index in [2.05, 4.69) is 10.3 Å². The van der Waals surface area contributed by atoms with Crippen molar-refractivity contribution in [3.63, 3.8) is 0 Å². The Morgan fingerprint density at radius 1 is 1.22 bits per heavy atom. The van der Waals surface area contributed by atoms with Crippen molar-refractivity contribution in [3.05, 3.63) is 46.5 Å². The molecule has 1 aromatic carbocycles. The summed E-state index contributed by atoms with van der Waals surface area (Å²) in [5.41, 5.74) is 3.08. The SMILES string of the molecule is CC(=O)Nc1nc(CCc2ccc(CC(=O)N(C)N)cc2)cs1. The van der Waals surface area contributed by atoms with Crippen LogP contribution in [0.2, 0.25) is 0 Å². The van der Waals surface area contributed by atoms with Gasteiger partial charge >= 0.3 is 0 Å². The number of anilines is 1. The number of hydrazine groups is 1. The summed E-state index contributed by atoms with van der Waals surface area (Å²) in [6.07, 6.45) is 1.97. The first-order valence-electron chi connectivity index (χ1n) is 7.25. The molecule has 7 heteroatoms. The summed E-state index contributed by atoms with van der Waals surface area (Å²) in [6, 6.07) is 7.92. The Labute approximate surface area is 139 Å². The summed E-state index contributed by atoms with van der Waals surface area (Å²) < 4.78 is 0. The van der Waals surface area contributed by atoms with Crippen LogP contribution in [0.3, 0.4) is 0 Å². The van der Waals surface area contributed by atoms with Gasteiger partial charge in [0.05, 0.1) is 12.1 Å². The molecule has 2 rings (SSSR count). The van der Waals surface area contributed by atoms with Crippen molar-refractivity contribution in [3.8, 4) is 0 Å². The van der Waals surface area contributed by atoms with Gasteiger partial charge in [0, 0.05) is 19.4 Å². The van der Waals surface area contributed by atoms with E-state index < -0.39 is 0 Å². The lowest BCUT2D eigenvalue weighted by Gasteiger charge is -2.09. The topological polar surface area (TPSA) is 88.3 Å². The lowest BCUT2D eigenvalue weighted by atomic mass is 10.0. The first kappa shape index (κ1) is 17.1. The Kier molecular flexibility index (Phi) is 5.84. The standard InChI is InChI=1S/C16H20N4O2S/c1-11(21)18-16-19-14(10-23-16)8-7-12-3-5-13(6-4-12)9-15(22)20(2)17/h3-6,10H,7-9,17H2,1-2H3,(H,18,19,21). The van der Waals surface area contributed by atoms with Crippen LogP contribution in [0.15, 0.2) is 29.6 Å². The van der Waals surface area contributed by atoms with Gasteiger partial charge in [0.1, 0.15) is 0 Å². The van der Waals surface area contributed by atoms with E-state index in [0.717, 1.165) is 29.1 Å². The van der Waals surface area contributed by atoms with Crippen LogP contribution in [-0.4, -0.2) is 28.9 Å². The van der Waals surface area contributed by atoms with Gasteiger partial charge in [-0.05, 0) is 24.0 Å². The summed E-state index contributed by atoms with van der Waals surface area (Å²) in [4.78, 5) is 26.9. The molecule has 0 saturated carbocycles. The monoisotopic (exact) mass is 332 g/mol. The second-order valence-electron chi connectivity index (χ2n) is 5.32. The van der Waals surface area contributed by atoms with Crippen LogP contribution in [0.25, 0.3) is 0 Å². The average Bonchev–Trinajstić information content (AvgIpc) is 2.93. The Morgan fingerprint density at radius 2 is 1.87 bits per heavy atom. The van der Waals surface area contributed by atoms with E-state index in [1.807, 2.05) is 29.6 Å². The van der Waals surface area contributed by atoms with Gasteiger partial charge < -0.3 is 5.32 Å². The number of thiazole rings is 1. The molecule has 1 heterocycles. The van der Waals surface area contributed by atoms with Gasteiger partial charge in [-0.2, -0.15) is 0 Å². The van der Waals surface area contributed by atoms with Crippen molar-refractivity contribution < 1.29 is 9.59 Å². The number of benzene rings is 1. The van der Waals surface area contributed by atoms with Crippen LogP contribution in [0, 0.1) is 0 Å². The molecule has 0 bridgehead atoms. The molecule has 122 valence electrons. The maximum absolute atomic E-state index is 11.6. The Morgan fingerprint density at radius 3 is 2.48 bits per heavy atom. The van der Waals surface area contributed by atoms with Crippen LogP contribution in [0.1, 0.15) is 23.7 Å². The van der Waals surface area contributed by atoms with E-state index in [0.29, 0.717) is 11.6 Å². The third-order valence-corrected chi connectivity index (χ3v) is 4.08. The molecule has 0 radical (unpaired) electrons. The van der Waals surface area contributed by atoms with Gasteiger partial charge in [-0.3, -0.25) is 14.6 Å². The molecule has 0 fully saturated rings. The number of hydrogen-bond acceptors (Lipinski definition) is 5. The second kappa shape index (κ2) is 7.85. The van der Waals surface area contributed by atoms with Gasteiger partial charge in [-0.25, -0.2) is 10.8 Å². The zero-order valence-corrected chi connectivity index (χ0v) is 14.0. The number of amides is 2. The van der Waals surface area contributed by atoms with Crippen LogP contribution in [0.5, 0.6) is 0 Å². The highest BCUT2D eigenvalue weighted by Crippen LogP contribution is 2.17. The molecular weight excluding hydrogens is 312 g/mol. The minimum atomic E-state index is -0.120. The quantitative estimate of drug-likeness (QED) is 0.479. The Hall–Kier alpha value is -2.25. The van der Waals surface area contributed by atoms with Crippen LogP contribution < -0.4 is 11.2 Å². The maximum atomic E-state index is 11.6. The number of nitrogens with two attached hydrogens (primary N) is 1. The van der Waals surface area contributed by atoms with Gasteiger partial charge in [0.2, 0.25) is 11.8 Å². The molecule has 0 aliphatic heterocycles. The third kappa shape index (κ3) is 5.46. The molecule has 23 heavy (non-hydrogen) atoms. The molecule has 0 saturated heterocycles. The van der Waals surface area contributed by atoms with Crippen molar-refractivity contribution in [2.24, 2.45) is 5.84 Å². The number of nitrogens with one attached hydrogen (secondary N) is 1. The number of rotatable bonds is 6. The number of carbonyl (C=O) groups excluding carboxylic acids is 2. The zero-order chi connectivity index (χ0) is 16.8. The highest BCUT2D eigenvalue weighted by atomic mass is 32.1. The summed E-state index contributed by atoms with van der Waals surface area (Å²) in [5, 5.41) is 6.37. The van der Waals surface area contributed by atoms with E-state index in [4.69, 9.17) is 5.84 Å². The molecule has 1 aromatic heterocycles. The Bertz CT molecular complexity index is 680. The molecule has 0 spiro atoms. The molecule has 2 amide bonds. The number of aryl methyl sites for hydroxylation is 2. The molecule has 6 nitrogen and oxygen atoms in total. The predicted molar refractivity (Wildman–Crippen MR) is 90.9 cm³/mol. The van der Waals surface area contributed by atoms with E-state index in [9.17, 15) is 9.59 Å². The minimum absolute atomic E-state index is 0.112. The molecule has 0 aliphatic carbocycles. The first-order valence-corrected chi connectivity index (χ1v) is 8.13. The number of aromatic nitrogens is 1. The smallest absolute Gasteiger partial charge is 0.240 e. The second-order valence-corrected chi connectivity index (χ2v) is 6.18. The maximum Gasteiger partial charge on any atom is 0.240 e. The normalized spacial score (nSPS) is 10.4. The van der Waals surface area contributed by atoms with E-state index >= 15 is 0 Å². The van der Waals surface area contributed by atoms with Crippen LogP contribution in [-0.2, 0) is 28.9 Å². The largest absolute Gasteiger partial charge is 0.302 e. The lowest BCUT2D eigenvalue weighted by Crippen LogP contribution is -2.34. The number of likely N-dealkylation sites (N-methyl/N-ethyl adjacent to an activating group) is 1. The highest BCUT2D eigenvalue weighted by molar-refractivity contribution is 7.13. The summed E-state index contributed by atoms with van der Waals surface area (Å²) in [7, 11) is 1.54. The summed E-state index contributed by atoms with van der Waals surface area (Å²) in [5.74, 6) is 5.18. The van der Waals surface area contributed by atoms with E-state index in [1.165, 1.54) is 23.8 Å². The molecule has 0 atom stereocenters. The highest BCUT2D eigenvalue weighted by Gasteiger charge is 2.07. The number of carbonyl (C=O) groups is 2.